The van der Waals surface area contributed by atoms with Gasteiger partial charge in [0.1, 0.15) is 0 Å². The van der Waals surface area contributed by atoms with Crippen LogP contribution in [0.1, 0.15) is 31.9 Å². The fraction of sp³-hybridized carbons (Fsp3) is 0.440. The maximum Gasteiger partial charge on any atom is 0.226 e. The number of guanidine groups is 1. The van der Waals surface area contributed by atoms with Crippen LogP contribution in [-0.2, 0) is 17.8 Å². The van der Waals surface area contributed by atoms with E-state index in [9.17, 15) is 4.79 Å². The number of anilines is 1. The summed E-state index contributed by atoms with van der Waals surface area (Å²) in [6.07, 6.45) is 0.853. The number of hydrogen-bond acceptors (Lipinski definition) is 4. The number of amides is 1. The maximum atomic E-state index is 11.8. The summed E-state index contributed by atoms with van der Waals surface area (Å²) in [5, 5.41) is 6.26. The number of ether oxygens (including phenoxy) is 2. The van der Waals surface area contributed by atoms with E-state index in [1.54, 1.807) is 14.2 Å². The smallest absolute Gasteiger partial charge is 0.226 e. The number of carbonyl (C=O) groups is 1. The van der Waals surface area contributed by atoms with Crippen LogP contribution in [0.25, 0.3) is 0 Å². The van der Waals surface area contributed by atoms with Gasteiger partial charge in [-0.25, -0.2) is 4.99 Å². The minimum absolute atomic E-state index is 0. The van der Waals surface area contributed by atoms with Gasteiger partial charge in [-0.05, 0) is 48.7 Å². The second kappa shape index (κ2) is 14.6. The Morgan fingerprint density at radius 2 is 1.67 bits per heavy atom. The molecule has 0 aliphatic carbocycles. The third kappa shape index (κ3) is 9.11. The Morgan fingerprint density at radius 3 is 2.24 bits per heavy atom. The molecule has 0 aliphatic rings. The number of halogens is 1. The molecule has 0 bridgehead atoms. The van der Waals surface area contributed by atoms with Crippen molar-refractivity contribution < 1.29 is 14.3 Å². The van der Waals surface area contributed by atoms with Gasteiger partial charge in [0.25, 0.3) is 0 Å². The molecule has 0 radical (unpaired) electrons. The van der Waals surface area contributed by atoms with Crippen LogP contribution >= 0.6 is 24.0 Å². The molecular weight excluding hydrogens is 531 g/mol. The van der Waals surface area contributed by atoms with E-state index in [1.165, 1.54) is 5.56 Å². The number of nitrogens with one attached hydrogen (secondary N) is 2. The molecule has 0 spiro atoms. The van der Waals surface area contributed by atoms with Gasteiger partial charge in [0, 0.05) is 31.7 Å². The summed E-state index contributed by atoms with van der Waals surface area (Å²) in [4.78, 5) is 18.7. The van der Waals surface area contributed by atoms with Crippen LogP contribution in [0.3, 0.4) is 0 Å². The highest BCUT2D eigenvalue weighted by molar-refractivity contribution is 14.0. The summed E-state index contributed by atoms with van der Waals surface area (Å²) in [7, 11) is 5.32. The Labute approximate surface area is 215 Å². The summed E-state index contributed by atoms with van der Waals surface area (Å²) in [5.41, 5.74) is 3.05. The first-order chi connectivity index (χ1) is 15.4. The zero-order valence-corrected chi connectivity index (χ0v) is 22.8. The molecule has 1 amide bonds. The second-order valence-electron chi connectivity index (χ2n) is 7.87. The molecule has 2 aromatic rings. The van der Waals surface area contributed by atoms with E-state index in [2.05, 4.69) is 28.5 Å². The number of hydrogen-bond donors (Lipinski definition) is 2. The quantitative estimate of drug-likeness (QED) is 0.250. The minimum Gasteiger partial charge on any atom is -0.493 e. The van der Waals surface area contributed by atoms with Crippen LogP contribution in [0.5, 0.6) is 11.5 Å². The summed E-state index contributed by atoms with van der Waals surface area (Å²) < 4.78 is 10.7. The molecule has 8 heteroatoms. The molecule has 2 aromatic carbocycles. The zero-order chi connectivity index (χ0) is 23.5. The van der Waals surface area contributed by atoms with E-state index in [1.807, 2.05) is 57.3 Å². The molecule has 0 unspecified atom stereocenters. The lowest BCUT2D eigenvalue weighted by Crippen LogP contribution is -2.39. The summed E-state index contributed by atoms with van der Waals surface area (Å²) in [6.45, 7) is 7.97. The van der Waals surface area contributed by atoms with Gasteiger partial charge in [-0.1, -0.05) is 32.0 Å². The lowest BCUT2D eigenvalue weighted by molar-refractivity contribution is -0.118. The molecule has 0 saturated carbocycles. The van der Waals surface area contributed by atoms with Gasteiger partial charge >= 0.3 is 0 Å². The van der Waals surface area contributed by atoms with Gasteiger partial charge in [-0.2, -0.15) is 0 Å². The summed E-state index contributed by atoms with van der Waals surface area (Å²) in [6, 6.07) is 13.8. The Bertz CT molecular complexity index is 901. The number of carbonyl (C=O) groups excluding carboxylic acids is 1. The molecule has 7 nitrogen and oxygen atoms in total. The van der Waals surface area contributed by atoms with Crippen LogP contribution in [-0.4, -0.2) is 51.1 Å². The van der Waals surface area contributed by atoms with Crippen LogP contribution in [0, 0.1) is 5.92 Å². The van der Waals surface area contributed by atoms with Crippen molar-refractivity contribution in [2.75, 3.05) is 39.7 Å². The second-order valence-corrected chi connectivity index (χ2v) is 7.87. The molecule has 33 heavy (non-hydrogen) atoms. The topological polar surface area (TPSA) is 75.2 Å². The third-order valence-electron chi connectivity index (χ3n) is 5.04. The standard InChI is InChI=1S/C25H36N4O3.HI/c1-7-26-25(27-17-20-8-11-21(12-9-20)28-24(30)18(2)3)29(4)15-14-19-10-13-22(31-5)23(16-19)32-6;/h8-13,16,18H,7,14-15,17H2,1-6H3,(H,26,27)(H,28,30);1H. The van der Waals surface area contributed by atoms with Crippen molar-refractivity contribution >= 4 is 41.5 Å². The van der Waals surface area contributed by atoms with E-state index in [0.717, 1.165) is 48.2 Å². The summed E-state index contributed by atoms with van der Waals surface area (Å²) in [5.74, 6) is 2.29. The van der Waals surface area contributed by atoms with E-state index in [4.69, 9.17) is 14.5 Å². The lowest BCUT2D eigenvalue weighted by atomic mass is 10.1. The number of nitrogens with zero attached hydrogens (tertiary/aromatic N) is 2. The Morgan fingerprint density at radius 1 is 1.03 bits per heavy atom. The van der Waals surface area contributed by atoms with E-state index >= 15 is 0 Å². The van der Waals surface area contributed by atoms with Crippen LogP contribution < -0.4 is 20.1 Å². The molecule has 0 fully saturated rings. The minimum atomic E-state index is -0.0449. The van der Waals surface area contributed by atoms with Gasteiger partial charge in [0.15, 0.2) is 17.5 Å². The van der Waals surface area contributed by atoms with E-state index < -0.39 is 0 Å². The van der Waals surface area contributed by atoms with Gasteiger partial charge in [0.05, 0.1) is 20.8 Å². The fourth-order valence-electron chi connectivity index (χ4n) is 3.05. The number of methoxy groups -OCH3 is 2. The number of benzene rings is 2. The zero-order valence-electron chi connectivity index (χ0n) is 20.5. The number of likely N-dealkylation sites (N-methyl/N-ethyl adjacent to an activating group) is 1. The molecule has 0 heterocycles. The highest BCUT2D eigenvalue weighted by atomic mass is 127. The first kappa shape index (κ1) is 28.5. The van der Waals surface area contributed by atoms with E-state index in [0.29, 0.717) is 6.54 Å². The van der Waals surface area contributed by atoms with Crippen molar-refractivity contribution in [1.29, 1.82) is 0 Å². The fourth-order valence-corrected chi connectivity index (χ4v) is 3.05. The van der Waals surface area contributed by atoms with Gasteiger partial charge < -0.3 is 25.0 Å². The SMILES string of the molecule is CCNC(=NCc1ccc(NC(=O)C(C)C)cc1)N(C)CCc1ccc(OC)c(OC)c1.I. The predicted molar refractivity (Wildman–Crippen MR) is 146 cm³/mol. The van der Waals surface area contributed by atoms with Gasteiger partial charge in [-0.3, -0.25) is 4.79 Å². The van der Waals surface area contributed by atoms with Crippen molar-refractivity contribution in [3.63, 3.8) is 0 Å². The Hall–Kier alpha value is -2.49. The molecule has 182 valence electrons. The van der Waals surface area contributed by atoms with E-state index in [-0.39, 0.29) is 35.8 Å². The maximum absolute atomic E-state index is 11.8. The molecule has 0 saturated heterocycles. The van der Waals surface area contributed by atoms with Crippen LogP contribution in [0.15, 0.2) is 47.5 Å². The number of rotatable bonds is 10. The molecule has 2 N–H and O–H groups in total. The largest absolute Gasteiger partial charge is 0.493 e. The third-order valence-corrected chi connectivity index (χ3v) is 5.04. The van der Waals surface area contributed by atoms with Gasteiger partial charge in [0.2, 0.25) is 5.91 Å². The normalized spacial score (nSPS) is 10.9. The Balaban J connectivity index is 0.00000544. The monoisotopic (exact) mass is 568 g/mol. The van der Waals surface area contributed by atoms with Crippen molar-refractivity contribution in [3.05, 3.63) is 53.6 Å². The molecular formula is C25H37IN4O3. The average Bonchev–Trinajstić information content (AvgIpc) is 2.80. The first-order valence-corrected chi connectivity index (χ1v) is 11.0. The summed E-state index contributed by atoms with van der Waals surface area (Å²) >= 11 is 0. The van der Waals surface area contributed by atoms with Crippen LogP contribution in [0.4, 0.5) is 5.69 Å². The lowest BCUT2D eigenvalue weighted by Gasteiger charge is -2.22. The molecule has 0 aliphatic heterocycles. The average molecular weight is 569 g/mol. The molecule has 0 aromatic heterocycles. The van der Waals surface area contributed by atoms with Crippen molar-refractivity contribution in [1.82, 2.24) is 10.2 Å². The van der Waals surface area contributed by atoms with Crippen molar-refractivity contribution in [3.8, 4) is 11.5 Å². The predicted octanol–water partition coefficient (Wildman–Crippen LogP) is 4.56. The van der Waals surface area contributed by atoms with Gasteiger partial charge in [-0.15, -0.1) is 24.0 Å². The first-order valence-electron chi connectivity index (χ1n) is 11.0. The number of aliphatic imine (C=N–C) groups is 1. The van der Waals surface area contributed by atoms with Crippen molar-refractivity contribution in [2.45, 2.75) is 33.7 Å². The molecule has 0 atom stereocenters. The van der Waals surface area contributed by atoms with Crippen LogP contribution in [0.2, 0.25) is 0 Å². The Kier molecular flexibility index (Phi) is 12.6. The highest BCUT2D eigenvalue weighted by Gasteiger charge is 2.09. The highest BCUT2D eigenvalue weighted by Crippen LogP contribution is 2.27. The van der Waals surface area contributed by atoms with Crippen molar-refractivity contribution in [2.24, 2.45) is 10.9 Å². The molecule has 2 rings (SSSR count).